The zero-order valence-corrected chi connectivity index (χ0v) is 26.4. The number of aliphatic hydroxyl groups is 1. The number of hydrogen-bond donors (Lipinski definition) is 2. The molecule has 0 unspecified atom stereocenters. The Morgan fingerprint density at radius 2 is 1.63 bits per heavy atom. The van der Waals surface area contributed by atoms with E-state index in [-0.39, 0.29) is 28.4 Å². The molecule has 0 bridgehead atoms. The Morgan fingerprint density at radius 3 is 2.32 bits per heavy atom. The van der Waals surface area contributed by atoms with Crippen molar-refractivity contribution < 1.29 is 5.11 Å². The molecule has 0 aromatic heterocycles. The minimum Gasteiger partial charge on any atom is -0.393 e. The van der Waals surface area contributed by atoms with Crippen molar-refractivity contribution in [3.8, 4) is 0 Å². The minimum absolute atomic E-state index is 0.0110. The summed E-state index contributed by atoms with van der Waals surface area (Å²) in [4.78, 5) is 3.78. The van der Waals surface area contributed by atoms with Crippen LogP contribution in [0, 0.1) is 50.2 Å². The number of aliphatic hydroxyl groups excluding tert-OH is 1. The molecule has 3 nitrogen and oxygen atoms in total. The lowest BCUT2D eigenvalue weighted by Crippen LogP contribution is -2.65. The molecule has 0 aromatic carbocycles. The van der Waals surface area contributed by atoms with Gasteiger partial charge in [0, 0.05) is 24.5 Å². The van der Waals surface area contributed by atoms with Gasteiger partial charge in [-0.15, -0.1) is 0 Å². The van der Waals surface area contributed by atoms with Gasteiger partial charge < -0.3 is 15.7 Å². The van der Waals surface area contributed by atoms with Crippen LogP contribution in [0.25, 0.3) is 0 Å². The first-order valence-corrected chi connectivity index (χ1v) is 16.5. The highest BCUT2D eigenvalue weighted by Crippen LogP contribution is 2.76. The van der Waals surface area contributed by atoms with Crippen LogP contribution in [0.2, 0.25) is 0 Å². The Morgan fingerprint density at radius 1 is 0.921 bits per heavy atom. The molecule has 0 spiro atoms. The normalized spacial score (nSPS) is 51.2. The van der Waals surface area contributed by atoms with Crippen LogP contribution in [-0.2, 0) is 0 Å². The van der Waals surface area contributed by atoms with Crippen molar-refractivity contribution in [1.82, 2.24) is 4.90 Å². The SMILES string of the molecule is CC1(C)CC[C@]2(C(=S)N3CC[C@@H](N)C3)CC[C@]3(C)C(=CC[C@@H]4[C@@]5(C)CC[C@H](O)C(C)(C)[C@@H]5CC[C@]43C)[C@@H]2C1. The largest absolute Gasteiger partial charge is 0.393 e. The first-order valence-electron chi connectivity index (χ1n) is 16.0. The van der Waals surface area contributed by atoms with Crippen LogP contribution >= 0.6 is 12.2 Å². The maximum Gasteiger partial charge on any atom is 0.0848 e. The minimum atomic E-state index is -0.158. The molecule has 1 saturated heterocycles. The van der Waals surface area contributed by atoms with Crippen LogP contribution < -0.4 is 5.73 Å². The standard InChI is InChI=1S/C34H56N2OS/c1-29(2)15-17-34(28(38)36-19-12-22(35)21-36)18-16-32(6)23(24(34)20-29)8-9-26-31(5)13-11-27(37)30(3,4)25(31)10-14-33(26,32)7/h8,22,24-27,37H,9-21,35H2,1-7H3/t22-,24+,25+,26-,27+,31+,32-,33-,34+/m1/s1. The molecule has 4 heteroatoms. The van der Waals surface area contributed by atoms with E-state index in [9.17, 15) is 5.11 Å². The van der Waals surface area contributed by atoms with Gasteiger partial charge in [0.2, 0.25) is 0 Å². The zero-order chi connectivity index (χ0) is 27.5. The van der Waals surface area contributed by atoms with E-state index in [4.69, 9.17) is 18.0 Å². The maximum absolute atomic E-state index is 11.0. The smallest absolute Gasteiger partial charge is 0.0848 e. The van der Waals surface area contributed by atoms with E-state index in [1.807, 2.05) is 0 Å². The Labute approximate surface area is 238 Å². The third kappa shape index (κ3) is 3.54. The van der Waals surface area contributed by atoms with E-state index < -0.39 is 0 Å². The average molecular weight is 541 g/mol. The van der Waals surface area contributed by atoms with Crippen molar-refractivity contribution in [3.63, 3.8) is 0 Å². The van der Waals surface area contributed by atoms with Gasteiger partial charge in [-0.3, -0.25) is 0 Å². The van der Waals surface area contributed by atoms with E-state index in [1.54, 1.807) is 5.57 Å². The number of likely N-dealkylation sites (tertiary alicyclic amines) is 1. The van der Waals surface area contributed by atoms with Crippen LogP contribution in [-0.4, -0.2) is 40.2 Å². The van der Waals surface area contributed by atoms with Gasteiger partial charge in [-0.1, -0.05) is 72.3 Å². The summed E-state index contributed by atoms with van der Waals surface area (Å²) in [7, 11) is 0. The van der Waals surface area contributed by atoms with Crippen molar-refractivity contribution in [1.29, 1.82) is 0 Å². The Kier molecular flexibility index (Phi) is 6.23. The van der Waals surface area contributed by atoms with Gasteiger partial charge in [-0.2, -0.15) is 0 Å². The van der Waals surface area contributed by atoms with Gasteiger partial charge in [0.15, 0.2) is 0 Å². The molecule has 0 amide bonds. The Hall–Kier alpha value is -0.450. The number of nitrogens with zero attached hydrogens (tertiary/aromatic N) is 1. The van der Waals surface area contributed by atoms with E-state index in [0.717, 1.165) is 25.9 Å². The number of allylic oxidation sites excluding steroid dienone is 2. The third-order valence-corrected chi connectivity index (χ3v) is 15.2. The molecule has 1 heterocycles. The molecule has 3 N–H and O–H groups in total. The summed E-state index contributed by atoms with van der Waals surface area (Å²) in [5, 5.41) is 11.0. The van der Waals surface area contributed by atoms with Gasteiger partial charge >= 0.3 is 0 Å². The van der Waals surface area contributed by atoms with Crippen LogP contribution in [0.3, 0.4) is 0 Å². The highest BCUT2D eigenvalue weighted by molar-refractivity contribution is 7.80. The quantitative estimate of drug-likeness (QED) is 0.267. The second-order valence-corrected chi connectivity index (χ2v) is 17.4. The van der Waals surface area contributed by atoms with Crippen molar-refractivity contribution in [2.45, 2.75) is 131 Å². The first-order chi connectivity index (χ1) is 17.6. The van der Waals surface area contributed by atoms with Gasteiger partial charge in [0.1, 0.15) is 0 Å². The van der Waals surface area contributed by atoms with Gasteiger partial charge in [-0.05, 0) is 115 Å². The fourth-order valence-corrected chi connectivity index (χ4v) is 12.4. The lowest BCUT2D eigenvalue weighted by Gasteiger charge is -2.71. The molecule has 5 fully saturated rings. The molecule has 0 radical (unpaired) electrons. The maximum atomic E-state index is 11.0. The fraction of sp³-hybridized carbons (Fsp3) is 0.912. The van der Waals surface area contributed by atoms with Crippen LogP contribution in [0.4, 0.5) is 0 Å². The molecule has 4 saturated carbocycles. The molecule has 1 aliphatic heterocycles. The highest BCUT2D eigenvalue weighted by Gasteiger charge is 2.68. The molecular formula is C34H56N2OS. The average Bonchev–Trinajstić information content (AvgIpc) is 3.27. The summed E-state index contributed by atoms with van der Waals surface area (Å²) in [5.74, 6) is 1.88. The van der Waals surface area contributed by atoms with E-state index in [1.165, 1.54) is 62.8 Å². The molecular weight excluding hydrogens is 484 g/mol. The predicted molar refractivity (Wildman–Crippen MR) is 162 cm³/mol. The summed E-state index contributed by atoms with van der Waals surface area (Å²) in [6.07, 6.45) is 15.9. The summed E-state index contributed by atoms with van der Waals surface area (Å²) >= 11 is 6.47. The van der Waals surface area contributed by atoms with E-state index in [0.29, 0.717) is 34.0 Å². The molecule has 6 rings (SSSR count). The topological polar surface area (TPSA) is 49.5 Å². The molecule has 214 valence electrons. The number of hydrogen-bond acceptors (Lipinski definition) is 3. The molecule has 0 aromatic rings. The lowest BCUT2D eigenvalue weighted by molar-refractivity contribution is -0.201. The number of fused-ring (bicyclic) bond motifs is 7. The second-order valence-electron chi connectivity index (χ2n) is 17.0. The molecule has 5 aliphatic carbocycles. The Balaban J connectivity index is 1.41. The van der Waals surface area contributed by atoms with Gasteiger partial charge in [0.25, 0.3) is 0 Å². The summed E-state index contributed by atoms with van der Waals surface area (Å²) in [6.45, 7) is 19.7. The summed E-state index contributed by atoms with van der Waals surface area (Å²) < 4.78 is 0. The van der Waals surface area contributed by atoms with Crippen molar-refractivity contribution in [2.24, 2.45) is 56.0 Å². The van der Waals surface area contributed by atoms with E-state index >= 15 is 0 Å². The van der Waals surface area contributed by atoms with Crippen molar-refractivity contribution in [2.75, 3.05) is 13.1 Å². The van der Waals surface area contributed by atoms with Gasteiger partial charge in [0.05, 0.1) is 11.1 Å². The van der Waals surface area contributed by atoms with E-state index in [2.05, 4.69) is 59.4 Å². The zero-order valence-electron chi connectivity index (χ0n) is 25.5. The number of thiocarbonyl (C=S) groups is 1. The summed E-state index contributed by atoms with van der Waals surface area (Å²) in [5.41, 5.74) is 9.55. The van der Waals surface area contributed by atoms with Crippen LogP contribution in [0.5, 0.6) is 0 Å². The highest BCUT2D eigenvalue weighted by atomic mass is 32.1. The lowest BCUT2D eigenvalue weighted by atomic mass is 9.33. The first kappa shape index (κ1) is 27.7. The predicted octanol–water partition coefficient (Wildman–Crippen LogP) is 7.51. The van der Waals surface area contributed by atoms with Gasteiger partial charge in [-0.25, -0.2) is 0 Å². The second kappa shape index (κ2) is 8.54. The van der Waals surface area contributed by atoms with Crippen molar-refractivity contribution >= 4 is 17.2 Å². The fourth-order valence-electron chi connectivity index (χ4n) is 11.9. The molecule has 6 aliphatic rings. The summed E-state index contributed by atoms with van der Waals surface area (Å²) in [6, 6.07) is 0.277. The third-order valence-electron chi connectivity index (χ3n) is 14.6. The van der Waals surface area contributed by atoms with Crippen molar-refractivity contribution in [3.05, 3.63) is 11.6 Å². The number of nitrogens with two attached hydrogens (primary N) is 1. The van der Waals surface area contributed by atoms with Crippen LogP contribution in [0.1, 0.15) is 119 Å². The van der Waals surface area contributed by atoms with Crippen LogP contribution in [0.15, 0.2) is 11.6 Å². The molecule has 38 heavy (non-hydrogen) atoms. The molecule has 9 atom stereocenters. The monoisotopic (exact) mass is 540 g/mol. The Bertz CT molecular complexity index is 1030. The number of rotatable bonds is 1.